The van der Waals surface area contributed by atoms with Gasteiger partial charge in [0.1, 0.15) is 6.04 Å². The number of nitrogens with one attached hydrogen (secondary N) is 2. The van der Waals surface area contributed by atoms with Crippen LogP contribution in [0.5, 0.6) is 0 Å². The van der Waals surface area contributed by atoms with E-state index < -0.39 is 18.1 Å². The van der Waals surface area contributed by atoms with Crippen LogP contribution in [0.15, 0.2) is 29.1 Å². The molecule has 3 atom stereocenters. The van der Waals surface area contributed by atoms with Crippen LogP contribution in [0.1, 0.15) is 61.1 Å². The van der Waals surface area contributed by atoms with E-state index in [2.05, 4.69) is 15.6 Å². The Morgan fingerprint density at radius 2 is 2.00 bits per heavy atom. The second-order valence-electron chi connectivity index (χ2n) is 8.66. The average molecular weight is 461 g/mol. The maximum absolute atomic E-state index is 13.3. The molecule has 9 nitrogen and oxygen atoms in total. The molecule has 1 aliphatic carbocycles. The first-order valence-electron chi connectivity index (χ1n) is 10.9. The summed E-state index contributed by atoms with van der Waals surface area (Å²) in [7, 11) is 0. The molecule has 32 heavy (non-hydrogen) atoms. The maximum atomic E-state index is 13.3. The van der Waals surface area contributed by atoms with Gasteiger partial charge in [0.15, 0.2) is 11.0 Å². The number of rotatable bonds is 7. The van der Waals surface area contributed by atoms with Gasteiger partial charge in [0, 0.05) is 18.5 Å². The van der Waals surface area contributed by atoms with Gasteiger partial charge in [-0.1, -0.05) is 42.8 Å². The van der Waals surface area contributed by atoms with Crippen molar-refractivity contribution in [1.82, 2.24) is 14.9 Å². The van der Waals surface area contributed by atoms with Gasteiger partial charge in [0.25, 0.3) is 5.56 Å². The molecule has 172 valence electrons. The fraction of sp³-hybridized carbons (Fsp3) is 0.500. The molecule has 0 radical (unpaired) electrons. The molecule has 2 aliphatic rings. The van der Waals surface area contributed by atoms with E-state index in [0.29, 0.717) is 5.69 Å². The highest BCUT2D eigenvalue weighted by Crippen LogP contribution is 2.43. The number of hydrogen-bond acceptors (Lipinski definition) is 7. The summed E-state index contributed by atoms with van der Waals surface area (Å²) in [6.07, 6.45) is 2.48. The van der Waals surface area contributed by atoms with Crippen molar-refractivity contribution >= 4 is 23.3 Å². The van der Waals surface area contributed by atoms with Gasteiger partial charge in [-0.25, -0.2) is 4.98 Å². The minimum Gasteiger partial charge on any atom is -0.396 e. The molecule has 10 heteroatoms. The van der Waals surface area contributed by atoms with Crippen molar-refractivity contribution in [2.45, 2.75) is 56.9 Å². The molecule has 1 unspecified atom stereocenters. The summed E-state index contributed by atoms with van der Waals surface area (Å²) in [5.74, 6) is -0.945. The van der Waals surface area contributed by atoms with Crippen molar-refractivity contribution in [2.75, 3.05) is 11.9 Å². The fourth-order valence-corrected chi connectivity index (χ4v) is 4.75. The van der Waals surface area contributed by atoms with Crippen LogP contribution >= 0.6 is 11.6 Å². The van der Waals surface area contributed by atoms with Crippen molar-refractivity contribution < 1.29 is 9.90 Å². The number of anilines is 1. The summed E-state index contributed by atoms with van der Waals surface area (Å²) in [4.78, 5) is 30.8. The molecule has 2 heterocycles. The molecule has 1 aliphatic heterocycles. The van der Waals surface area contributed by atoms with Crippen LogP contribution < -0.4 is 27.7 Å². The number of halogens is 1. The lowest BCUT2D eigenvalue weighted by Gasteiger charge is -2.27. The first-order valence-corrected chi connectivity index (χ1v) is 11.3. The summed E-state index contributed by atoms with van der Waals surface area (Å²) >= 11 is 6.44. The normalized spacial score (nSPS) is 22.5. The second kappa shape index (κ2) is 9.19. The number of aliphatic hydroxyl groups is 1. The highest BCUT2D eigenvalue weighted by Gasteiger charge is 2.44. The van der Waals surface area contributed by atoms with Crippen molar-refractivity contribution in [1.29, 1.82) is 0 Å². The standard InChI is InChI=1S/C22H29ClN6O3/c1-11-15(10-30)17-18(23)28-20(27-14-3-2-4-14)22(32)29(17)16(11)21(31)26-9-12-5-7-13(8-6-12)19(24)25/h5-8,11,14-16,19,30H,2-4,9-10,24-25H2,1H3,(H,26,31)(H,27,28)/t11?,15-,16+/m1/s1. The number of aromatic nitrogens is 2. The van der Waals surface area contributed by atoms with Gasteiger partial charge in [-0.15, -0.1) is 0 Å². The highest BCUT2D eigenvalue weighted by molar-refractivity contribution is 6.30. The topological polar surface area (TPSA) is 148 Å². The summed E-state index contributed by atoms with van der Waals surface area (Å²) < 4.78 is 1.41. The Hall–Kier alpha value is -2.46. The molecule has 1 fully saturated rings. The number of carbonyl (C=O) groups excluding carboxylic acids is 1. The van der Waals surface area contributed by atoms with E-state index in [1.807, 2.05) is 31.2 Å². The fourth-order valence-electron chi connectivity index (χ4n) is 4.44. The number of carbonyl (C=O) groups is 1. The average Bonchev–Trinajstić information content (AvgIpc) is 3.05. The van der Waals surface area contributed by atoms with Crippen LogP contribution in [-0.4, -0.2) is 33.2 Å². The number of amides is 1. The van der Waals surface area contributed by atoms with Gasteiger partial charge >= 0.3 is 0 Å². The van der Waals surface area contributed by atoms with Crippen molar-refractivity contribution in [2.24, 2.45) is 17.4 Å². The van der Waals surface area contributed by atoms with E-state index in [-0.39, 0.29) is 47.5 Å². The Morgan fingerprint density at radius 3 is 2.56 bits per heavy atom. The zero-order valence-corrected chi connectivity index (χ0v) is 18.7. The molecule has 1 saturated carbocycles. The molecule has 0 saturated heterocycles. The smallest absolute Gasteiger partial charge is 0.294 e. The minimum atomic E-state index is -0.797. The minimum absolute atomic E-state index is 0.140. The van der Waals surface area contributed by atoms with Gasteiger partial charge < -0.3 is 27.2 Å². The Balaban J connectivity index is 1.60. The third-order valence-corrected chi connectivity index (χ3v) is 6.89. The predicted molar refractivity (Wildman–Crippen MR) is 122 cm³/mol. The van der Waals surface area contributed by atoms with Crippen LogP contribution in [0.4, 0.5) is 5.82 Å². The lowest BCUT2D eigenvalue weighted by atomic mass is 9.90. The number of aliphatic hydroxyl groups excluding tert-OH is 1. The van der Waals surface area contributed by atoms with E-state index in [0.717, 1.165) is 30.4 Å². The van der Waals surface area contributed by atoms with Crippen molar-refractivity contribution in [3.05, 3.63) is 56.6 Å². The van der Waals surface area contributed by atoms with Gasteiger partial charge in [-0.3, -0.25) is 14.2 Å². The van der Waals surface area contributed by atoms with Gasteiger partial charge in [-0.2, -0.15) is 0 Å². The number of nitrogens with zero attached hydrogens (tertiary/aromatic N) is 2. The Morgan fingerprint density at radius 1 is 1.31 bits per heavy atom. The van der Waals surface area contributed by atoms with Crippen LogP contribution in [-0.2, 0) is 11.3 Å². The molecule has 0 bridgehead atoms. The van der Waals surface area contributed by atoms with Crippen molar-refractivity contribution in [3.63, 3.8) is 0 Å². The zero-order valence-electron chi connectivity index (χ0n) is 17.9. The molecule has 1 amide bonds. The van der Waals surface area contributed by atoms with E-state index in [9.17, 15) is 14.7 Å². The summed E-state index contributed by atoms with van der Waals surface area (Å²) in [5, 5.41) is 16.2. The van der Waals surface area contributed by atoms with E-state index in [1.165, 1.54) is 4.57 Å². The SMILES string of the molecule is CC1[C@@H](C(=O)NCc2ccc(C(N)N)cc2)n2c(c(Cl)nc(NC3CCC3)c2=O)[C@@H]1CO. The number of hydrogen-bond donors (Lipinski definition) is 5. The predicted octanol–water partition coefficient (Wildman–Crippen LogP) is 1.36. The molecule has 0 spiro atoms. The molecular weight excluding hydrogens is 432 g/mol. The molecule has 4 rings (SSSR count). The zero-order chi connectivity index (χ0) is 23.0. The lowest BCUT2D eigenvalue weighted by molar-refractivity contribution is -0.125. The third-order valence-electron chi connectivity index (χ3n) is 6.61. The number of benzene rings is 1. The summed E-state index contributed by atoms with van der Waals surface area (Å²) in [5.41, 5.74) is 13.0. The molecule has 1 aromatic heterocycles. The van der Waals surface area contributed by atoms with Crippen molar-refractivity contribution in [3.8, 4) is 0 Å². The first kappa shape index (κ1) is 22.7. The largest absolute Gasteiger partial charge is 0.396 e. The van der Waals surface area contributed by atoms with Crippen LogP contribution in [0.2, 0.25) is 5.15 Å². The van der Waals surface area contributed by atoms with E-state index in [1.54, 1.807) is 0 Å². The second-order valence-corrected chi connectivity index (χ2v) is 9.02. The Kier molecular flexibility index (Phi) is 6.52. The summed E-state index contributed by atoms with van der Waals surface area (Å²) in [6, 6.07) is 6.71. The third kappa shape index (κ3) is 4.13. The van der Waals surface area contributed by atoms with Crippen LogP contribution in [0.25, 0.3) is 0 Å². The highest BCUT2D eigenvalue weighted by atomic mass is 35.5. The molecule has 1 aromatic carbocycles. The van der Waals surface area contributed by atoms with Gasteiger partial charge in [0.2, 0.25) is 5.91 Å². The van der Waals surface area contributed by atoms with E-state index in [4.69, 9.17) is 23.1 Å². The lowest BCUT2D eigenvalue weighted by Crippen LogP contribution is -2.39. The van der Waals surface area contributed by atoms with Crippen LogP contribution in [0, 0.1) is 5.92 Å². The number of nitrogens with two attached hydrogens (primary N) is 2. The number of fused-ring (bicyclic) bond motifs is 1. The van der Waals surface area contributed by atoms with Gasteiger partial charge in [0.05, 0.1) is 18.5 Å². The maximum Gasteiger partial charge on any atom is 0.294 e. The van der Waals surface area contributed by atoms with Crippen LogP contribution in [0.3, 0.4) is 0 Å². The van der Waals surface area contributed by atoms with E-state index >= 15 is 0 Å². The molecule has 7 N–H and O–H groups in total. The monoisotopic (exact) mass is 460 g/mol. The first-order chi connectivity index (χ1) is 15.3. The summed E-state index contributed by atoms with van der Waals surface area (Å²) in [6.45, 7) is 1.88. The quantitative estimate of drug-likeness (QED) is 0.391. The molecular formula is C22H29ClN6O3. The van der Waals surface area contributed by atoms with Gasteiger partial charge in [-0.05, 0) is 36.3 Å². The Bertz CT molecular complexity index is 1050. The molecule has 2 aromatic rings. The Labute approximate surface area is 191 Å².